The van der Waals surface area contributed by atoms with Gasteiger partial charge in [0, 0.05) is 80.2 Å². The number of nitrogens with one attached hydrogen (secondary N) is 21. The number of nitrogens with zero attached hydrogens (tertiary/aromatic N) is 2. The lowest BCUT2D eigenvalue weighted by molar-refractivity contribution is -0.143. The molecule has 59 heteroatoms. The predicted molar refractivity (Wildman–Crippen MR) is 500 cm³/mol. The van der Waals surface area contributed by atoms with E-state index in [9.17, 15) is 102 Å². The lowest BCUT2D eigenvalue weighted by Crippen LogP contribution is -2.61. The number of carboxylic acid groups (broad SMARTS) is 2. The molecule has 1 aromatic heterocycles. The zero-order valence-electron chi connectivity index (χ0n) is 77.0. The summed E-state index contributed by atoms with van der Waals surface area (Å²) in [5, 5.41) is 90.6. The number of aliphatic hydroxyl groups is 1. The third-order valence-electron chi connectivity index (χ3n) is 21.2. The van der Waals surface area contributed by atoms with Crippen LogP contribution in [0.1, 0.15) is 156 Å². The number of amides is 20. The van der Waals surface area contributed by atoms with Gasteiger partial charge in [0.05, 0.1) is 24.9 Å². The van der Waals surface area contributed by atoms with Gasteiger partial charge in [0.2, 0.25) is 118 Å². The first-order valence-electron chi connectivity index (χ1n) is 44.2. The average molecular weight is 2030 g/mol. The SMILES string of the molecule is CC(C)C[C@@H]1NC(=O)[C@H](C)NC(=O)[C@H]([C@@H](C)O)NC(=O)[C@H](CCC(=O)O)NC(=O)[C@@H]2CCCN2C(=O)[C@H](C)NC(=O)[C@H](CCCCN)NC(=O)[C@@H]2CSSC[C@@H](C(=O)N[C@@H](CCC(N)=O)C(=O)N[C@@H](CCC(N)=O)C(=O)N[C@@H](Cc3cnc[nH]3)C(=O)O)NC(=O)[C@H](CCCNC(=N)N)NC(=O)[C@H](CCCNC(=N)N)NC(=O)[C@H](C)NC(=O)[C@H](CSSC[C@H](N)C(=O)N[C@@H](CC(N)=O)C(=O)N2)NC1=O. The van der Waals surface area contributed by atoms with Gasteiger partial charge in [-0.05, 0) is 124 Å². The predicted octanol–water partition coefficient (Wildman–Crippen LogP) is -11.7. The standard InChI is InChI=1S/C79H130N30O25S4/c1-35(2)26-48-69(125)106-51-31-136-135-30-41(81)62(118)103-49(28-57(84)113)70(126)107-53(72(128)98-42(12-7-8-22-80)63(119)95-38(5)76(132)109-25-11-15-54(109)74(130)101-47(18-21-58(114)115)68(124)108-59(39(6)110)75(131)94-37(4)61(117)102-48)33-138-137-32-52(105-65(121)44(14-10-24-91-79(87)88)97-64(120)43(13-9-23-90-78(85)86)96-60(116)36(3)93-71(51)127)73(129)100-45(16-19-55(82)111)66(122)99-46(17-20-56(83)112)67(123)104-50(77(133)134)27-40-29-89-34-92-40/h29,34-39,41-54,59,110H,7-28,30-33,80-81H2,1-6H3,(H2,82,111)(H2,83,112)(H2,84,113)(H,89,92)(H,93,127)(H,94,131)(H,95,119)(H,96,116)(H,97,120)(H,98,128)(H,99,122)(H,100,129)(H,101,130)(H,102,117)(H,103,118)(H,104,123)(H,105,121)(H,106,125)(H,107,126)(H,108,124)(H,114,115)(H,133,134)(H4,85,86,90)(H4,87,88,91)/t36-,37-,38-,39+,41-,42-,43-,44-,45-,46-,47-,48-,49-,50-,51-,52-,53-,54-,59-/m0/s1. The lowest BCUT2D eigenvalue weighted by atomic mass is 10.0. The summed E-state index contributed by atoms with van der Waals surface area (Å²) in [6, 6.07) is -31.9. The molecule has 4 heterocycles. The molecule has 138 heavy (non-hydrogen) atoms. The minimum absolute atomic E-state index is 0.0292. The van der Waals surface area contributed by atoms with Crippen LogP contribution in [0.4, 0.5) is 0 Å². The van der Waals surface area contributed by atoms with Crippen molar-refractivity contribution in [2.24, 2.45) is 46.1 Å². The van der Waals surface area contributed by atoms with Crippen molar-refractivity contribution in [3.63, 3.8) is 0 Å². The molecule has 20 amide bonds. The zero-order valence-corrected chi connectivity index (χ0v) is 80.2. The Hall–Kier alpha value is -12.6. The number of nitrogens with two attached hydrogens (primary N) is 7. The average Bonchev–Trinajstić information content (AvgIpc) is 1.66. The highest BCUT2D eigenvalue weighted by atomic mass is 33.1. The van der Waals surface area contributed by atoms with Gasteiger partial charge in [-0.2, -0.15) is 0 Å². The molecule has 770 valence electrons. The number of carbonyl (C=O) groups is 22. The van der Waals surface area contributed by atoms with Crippen LogP contribution in [0.15, 0.2) is 12.5 Å². The molecule has 2 bridgehead atoms. The van der Waals surface area contributed by atoms with Crippen LogP contribution in [-0.4, -0.2) is 336 Å². The van der Waals surface area contributed by atoms with Crippen molar-refractivity contribution in [3.8, 4) is 0 Å². The summed E-state index contributed by atoms with van der Waals surface area (Å²) in [4.78, 5) is 320. The molecule has 0 saturated carbocycles. The van der Waals surface area contributed by atoms with Crippen LogP contribution >= 0.6 is 43.2 Å². The van der Waals surface area contributed by atoms with Crippen LogP contribution in [0.2, 0.25) is 0 Å². The van der Waals surface area contributed by atoms with E-state index in [0.717, 1.165) is 47.3 Å². The number of hydrogen-bond donors (Lipinski definition) is 31. The Kier molecular flexibility index (Phi) is 51.3. The molecule has 3 aliphatic rings. The van der Waals surface area contributed by atoms with Crippen molar-refractivity contribution in [3.05, 3.63) is 18.2 Å². The van der Waals surface area contributed by atoms with Crippen LogP contribution in [0, 0.1) is 16.7 Å². The third kappa shape index (κ3) is 42.5. The molecule has 0 radical (unpaired) electrons. The highest BCUT2D eigenvalue weighted by molar-refractivity contribution is 8.77. The highest BCUT2D eigenvalue weighted by Crippen LogP contribution is 2.27. The van der Waals surface area contributed by atoms with Crippen LogP contribution < -0.4 is 136 Å². The van der Waals surface area contributed by atoms with Gasteiger partial charge in [-0.15, -0.1) is 0 Å². The van der Waals surface area contributed by atoms with Crippen molar-refractivity contribution >= 4 is 185 Å². The summed E-state index contributed by atoms with van der Waals surface area (Å²) in [5.41, 5.74) is 40.4. The number of aliphatic hydroxyl groups excluding tert-OH is 1. The van der Waals surface area contributed by atoms with Gasteiger partial charge >= 0.3 is 11.9 Å². The molecule has 3 saturated heterocycles. The van der Waals surface area contributed by atoms with Crippen LogP contribution in [0.25, 0.3) is 0 Å². The molecule has 0 unspecified atom stereocenters. The summed E-state index contributed by atoms with van der Waals surface area (Å²) < 4.78 is 0. The van der Waals surface area contributed by atoms with Crippen molar-refractivity contribution < 1.29 is 121 Å². The van der Waals surface area contributed by atoms with Gasteiger partial charge in [0.15, 0.2) is 11.9 Å². The summed E-state index contributed by atoms with van der Waals surface area (Å²) >= 11 is 0. The molecule has 19 atom stereocenters. The quantitative estimate of drug-likeness (QED) is 0.0130. The second kappa shape index (κ2) is 60.2. The van der Waals surface area contributed by atoms with E-state index < -0.39 is 337 Å². The Morgan fingerprint density at radius 1 is 0.493 bits per heavy atom. The molecular weight excluding hydrogens is 1900 g/mol. The van der Waals surface area contributed by atoms with Gasteiger partial charge in [-0.3, -0.25) is 112 Å². The summed E-state index contributed by atoms with van der Waals surface area (Å²) in [6.45, 7) is 7.44. The van der Waals surface area contributed by atoms with Crippen molar-refractivity contribution in [2.75, 3.05) is 49.2 Å². The first-order valence-corrected chi connectivity index (χ1v) is 49.2. The van der Waals surface area contributed by atoms with E-state index in [0.29, 0.717) is 21.6 Å². The van der Waals surface area contributed by atoms with E-state index >= 15 is 19.2 Å². The molecule has 0 aliphatic carbocycles. The first-order chi connectivity index (χ1) is 65.0. The monoisotopic (exact) mass is 2030 g/mol. The van der Waals surface area contributed by atoms with E-state index in [1.54, 1.807) is 13.8 Å². The third-order valence-corrected chi connectivity index (χ3v) is 26.1. The number of aromatic nitrogens is 2. The fraction of sp³-hybridized carbons (Fsp3) is 0.658. The summed E-state index contributed by atoms with van der Waals surface area (Å²) in [7, 11) is 2.83. The minimum Gasteiger partial charge on any atom is -0.481 e. The maximum atomic E-state index is 15.4. The Bertz CT molecular complexity index is 4470. The number of carbonyl (C=O) groups excluding carboxylic acids is 20. The Morgan fingerprint density at radius 3 is 1.46 bits per heavy atom. The highest BCUT2D eigenvalue weighted by Gasteiger charge is 2.43. The first kappa shape index (κ1) is 118. The Balaban J connectivity index is 2.11. The maximum Gasteiger partial charge on any atom is 0.326 e. The number of aliphatic carboxylic acids is 2. The van der Waals surface area contributed by atoms with E-state index in [2.05, 4.69) is 106 Å². The van der Waals surface area contributed by atoms with Gasteiger partial charge in [0.25, 0.3) is 0 Å². The number of rotatable bonds is 35. The fourth-order valence-corrected chi connectivity index (χ4v) is 18.3. The van der Waals surface area contributed by atoms with Gasteiger partial charge < -0.3 is 161 Å². The molecule has 0 spiro atoms. The zero-order chi connectivity index (χ0) is 103. The van der Waals surface area contributed by atoms with E-state index in [1.807, 2.05) is 0 Å². The number of carboxylic acids is 2. The smallest absolute Gasteiger partial charge is 0.326 e. The van der Waals surface area contributed by atoms with Gasteiger partial charge in [0.1, 0.15) is 103 Å². The molecular formula is C79H130N30O25S4. The number of primary amides is 3. The topological polar surface area (TPSA) is 915 Å². The largest absolute Gasteiger partial charge is 0.481 e. The Morgan fingerprint density at radius 2 is 0.942 bits per heavy atom. The van der Waals surface area contributed by atoms with Crippen LogP contribution in [0.5, 0.6) is 0 Å². The number of guanidine groups is 2. The second-order valence-electron chi connectivity index (χ2n) is 33.2. The summed E-state index contributed by atoms with van der Waals surface area (Å²) in [5.74, 6) is -30.0. The van der Waals surface area contributed by atoms with Crippen LogP contribution in [0.3, 0.4) is 0 Å². The maximum absolute atomic E-state index is 15.4. The summed E-state index contributed by atoms with van der Waals surface area (Å²) in [6.07, 6.45) is -5.96. The van der Waals surface area contributed by atoms with Crippen molar-refractivity contribution in [2.45, 2.75) is 272 Å². The molecule has 0 aromatic carbocycles. The van der Waals surface area contributed by atoms with Crippen molar-refractivity contribution in [1.82, 2.24) is 111 Å². The van der Waals surface area contributed by atoms with E-state index in [1.165, 1.54) is 19.4 Å². The van der Waals surface area contributed by atoms with E-state index in [-0.39, 0.29) is 96.1 Å². The minimum atomic E-state index is -2.02. The molecule has 38 N–H and O–H groups in total. The van der Waals surface area contributed by atoms with Crippen molar-refractivity contribution in [1.29, 1.82) is 10.8 Å². The number of H-pyrrole nitrogens is 1. The number of aromatic amines is 1. The molecule has 4 rings (SSSR count). The molecule has 55 nitrogen and oxygen atoms in total. The normalized spacial score (nSPS) is 25.1. The number of imidazole rings is 1. The second-order valence-corrected chi connectivity index (χ2v) is 38.3. The lowest BCUT2D eigenvalue weighted by Gasteiger charge is -2.30. The number of hydrogen-bond acceptors (Lipinski definition) is 32. The van der Waals surface area contributed by atoms with Crippen LogP contribution in [-0.2, 0) is 112 Å². The fourth-order valence-electron chi connectivity index (χ4n) is 13.7. The van der Waals surface area contributed by atoms with E-state index in [4.69, 9.17) is 51.0 Å². The van der Waals surface area contributed by atoms with Gasteiger partial charge in [-0.25, -0.2) is 9.78 Å². The number of unbranched alkanes of at least 4 members (excludes halogenated alkanes) is 1. The molecule has 3 fully saturated rings. The molecule has 1 aromatic rings. The number of fused-ring (bicyclic) bond motifs is 12. The van der Waals surface area contributed by atoms with Gasteiger partial charge in [-0.1, -0.05) is 57.0 Å². The molecule has 3 aliphatic heterocycles. The Labute approximate surface area is 808 Å².